The number of rotatable bonds is 8. The predicted molar refractivity (Wildman–Crippen MR) is 104 cm³/mol. The fourth-order valence-corrected chi connectivity index (χ4v) is 2.44. The van der Waals surface area contributed by atoms with E-state index in [0.29, 0.717) is 29.5 Å². The lowest BCUT2D eigenvalue weighted by Gasteiger charge is -2.09. The highest BCUT2D eigenvalue weighted by molar-refractivity contribution is 6.02. The van der Waals surface area contributed by atoms with Gasteiger partial charge in [0.25, 0.3) is 11.8 Å². The topological polar surface area (TPSA) is 89.8 Å². The summed E-state index contributed by atoms with van der Waals surface area (Å²) in [5.74, 6) is 0.540. The molecule has 3 rings (SSSR count). The molecule has 0 aliphatic rings. The molecule has 28 heavy (non-hydrogen) atoms. The molecule has 2 amide bonds. The summed E-state index contributed by atoms with van der Waals surface area (Å²) in [5.41, 5.74) is 1.22. The van der Waals surface area contributed by atoms with Crippen LogP contribution in [-0.2, 0) is 16.1 Å². The molecule has 0 saturated heterocycles. The Hall–Kier alpha value is -3.58. The van der Waals surface area contributed by atoms with E-state index in [1.54, 1.807) is 55.6 Å². The van der Waals surface area contributed by atoms with E-state index in [9.17, 15) is 9.59 Å². The van der Waals surface area contributed by atoms with Crippen molar-refractivity contribution in [3.8, 4) is 5.75 Å². The van der Waals surface area contributed by atoms with Crippen molar-refractivity contribution in [3.63, 3.8) is 0 Å². The molecule has 144 valence electrons. The number of hydrogen-bond acceptors (Lipinski definition) is 5. The Morgan fingerprint density at radius 3 is 2.50 bits per heavy atom. The first-order valence-electron chi connectivity index (χ1n) is 8.61. The van der Waals surface area contributed by atoms with Crippen LogP contribution in [0.25, 0.3) is 0 Å². The Morgan fingerprint density at radius 1 is 0.929 bits per heavy atom. The maximum absolute atomic E-state index is 12.3. The number of carbonyl (C=O) groups excluding carboxylic acids is 2. The zero-order valence-corrected chi connectivity index (χ0v) is 15.3. The van der Waals surface area contributed by atoms with Crippen LogP contribution in [0.2, 0.25) is 0 Å². The van der Waals surface area contributed by atoms with E-state index in [-0.39, 0.29) is 24.2 Å². The number of methoxy groups -OCH3 is 1. The first kappa shape index (κ1) is 19.2. The third kappa shape index (κ3) is 5.46. The molecule has 1 heterocycles. The summed E-state index contributed by atoms with van der Waals surface area (Å²) in [6.45, 7) is 0.145. The van der Waals surface area contributed by atoms with Gasteiger partial charge in [0.15, 0.2) is 12.4 Å². The second-order valence-electron chi connectivity index (χ2n) is 5.88. The Kier molecular flexibility index (Phi) is 6.43. The fraction of sp³-hybridized carbons (Fsp3) is 0.143. The fourth-order valence-electron chi connectivity index (χ4n) is 2.44. The van der Waals surface area contributed by atoms with E-state index >= 15 is 0 Å². The summed E-state index contributed by atoms with van der Waals surface area (Å²) in [7, 11) is 1.55. The van der Waals surface area contributed by atoms with Gasteiger partial charge in [-0.2, -0.15) is 0 Å². The Labute approximate surface area is 162 Å². The van der Waals surface area contributed by atoms with Crippen molar-refractivity contribution in [1.29, 1.82) is 0 Å². The number of benzene rings is 2. The molecule has 0 atom stereocenters. The lowest BCUT2D eigenvalue weighted by molar-refractivity contribution is -0.118. The molecule has 3 aromatic rings. The Bertz CT molecular complexity index is 937. The Morgan fingerprint density at radius 2 is 1.71 bits per heavy atom. The monoisotopic (exact) mass is 380 g/mol. The first-order chi connectivity index (χ1) is 13.6. The van der Waals surface area contributed by atoms with Gasteiger partial charge in [-0.25, -0.2) is 0 Å². The van der Waals surface area contributed by atoms with Gasteiger partial charge in [-0.15, -0.1) is 0 Å². The van der Waals surface area contributed by atoms with Gasteiger partial charge in [0.05, 0.1) is 0 Å². The zero-order valence-electron chi connectivity index (χ0n) is 15.3. The van der Waals surface area contributed by atoms with Gasteiger partial charge < -0.3 is 24.5 Å². The molecule has 2 aromatic carbocycles. The van der Waals surface area contributed by atoms with Gasteiger partial charge >= 0.3 is 0 Å². The molecule has 0 bridgehead atoms. The summed E-state index contributed by atoms with van der Waals surface area (Å²) < 4.78 is 15.9. The highest BCUT2D eigenvalue weighted by Crippen LogP contribution is 2.19. The molecule has 7 heteroatoms. The number of hydrogen-bond donors (Lipinski definition) is 2. The molecule has 0 radical (unpaired) electrons. The molecule has 0 aliphatic heterocycles. The van der Waals surface area contributed by atoms with E-state index in [2.05, 4.69) is 10.6 Å². The van der Waals surface area contributed by atoms with Crippen molar-refractivity contribution in [2.75, 3.05) is 24.4 Å². The number of amides is 2. The zero-order chi connectivity index (χ0) is 19.8. The summed E-state index contributed by atoms with van der Waals surface area (Å²) >= 11 is 0. The van der Waals surface area contributed by atoms with Crippen molar-refractivity contribution in [2.24, 2.45) is 0 Å². The van der Waals surface area contributed by atoms with Crippen molar-refractivity contribution >= 4 is 23.2 Å². The van der Waals surface area contributed by atoms with E-state index in [1.807, 2.05) is 18.2 Å². The van der Waals surface area contributed by atoms with Crippen LogP contribution in [0.1, 0.15) is 16.3 Å². The third-order valence-electron chi connectivity index (χ3n) is 3.69. The van der Waals surface area contributed by atoms with Crippen LogP contribution in [0.5, 0.6) is 5.75 Å². The van der Waals surface area contributed by atoms with Crippen LogP contribution in [-0.4, -0.2) is 25.5 Å². The SMILES string of the molecule is COCc1ccc(C(=O)Nc2cccc(OCC(=O)Nc3ccccc3)c2)o1. The van der Waals surface area contributed by atoms with Crippen LogP contribution in [0, 0.1) is 0 Å². The summed E-state index contributed by atoms with van der Waals surface area (Å²) in [4.78, 5) is 24.2. The molecule has 1 aromatic heterocycles. The molecule has 0 aliphatic carbocycles. The molecule has 0 spiro atoms. The number of carbonyl (C=O) groups is 2. The van der Waals surface area contributed by atoms with Crippen LogP contribution >= 0.6 is 0 Å². The molecule has 2 N–H and O–H groups in total. The van der Waals surface area contributed by atoms with Crippen molar-refractivity contribution in [1.82, 2.24) is 0 Å². The second kappa shape index (κ2) is 9.38. The van der Waals surface area contributed by atoms with Crippen LogP contribution in [0.15, 0.2) is 71.1 Å². The lowest BCUT2D eigenvalue weighted by atomic mass is 10.3. The average Bonchev–Trinajstić information content (AvgIpc) is 3.17. The lowest BCUT2D eigenvalue weighted by Crippen LogP contribution is -2.20. The van der Waals surface area contributed by atoms with Gasteiger partial charge in [0.2, 0.25) is 0 Å². The van der Waals surface area contributed by atoms with Crippen LogP contribution in [0.4, 0.5) is 11.4 Å². The van der Waals surface area contributed by atoms with E-state index in [1.165, 1.54) is 0 Å². The highest BCUT2D eigenvalue weighted by Gasteiger charge is 2.12. The quantitative estimate of drug-likeness (QED) is 0.622. The normalized spacial score (nSPS) is 10.3. The first-order valence-corrected chi connectivity index (χ1v) is 8.61. The van der Waals surface area contributed by atoms with Gasteiger partial charge in [0.1, 0.15) is 18.1 Å². The smallest absolute Gasteiger partial charge is 0.291 e. The number of furan rings is 1. The molecule has 0 saturated carbocycles. The van der Waals surface area contributed by atoms with Crippen molar-refractivity contribution in [2.45, 2.75) is 6.61 Å². The number of ether oxygens (including phenoxy) is 2. The minimum Gasteiger partial charge on any atom is -0.484 e. The molecule has 0 fully saturated rings. The highest BCUT2D eigenvalue weighted by atomic mass is 16.5. The molecular weight excluding hydrogens is 360 g/mol. The van der Waals surface area contributed by atoms with E-state index in [0.717, 1.165) is 0 Å². The largest absolute Gasteiger partial charge is 0.484 e. The second-order valence-corrected chi connectivity index (χ2v) is 5.88. The minimum absolute atomic E-state index is 0.148. The van der Waals surface area contributed by atoms with E-state index < -0.39 is 0 Å². The number of nitrogens with one attached hydrogen (secondary N) is 2. The maximum atomic E-state index is 12.3. The molecule has 0 unspecified atom stereocenters. The van der Waals surface area contributed by atoms with Crippen LogP contribution in [0.3, 0.4) is 0 Å². The molecule has 7 nitrogen and oxygen atoms in total. The Balaban J connectivity index is 1.54. The number of anilines is 2. The standard InChI is InChI=1S/C21H20N2O5/c1-26-13-18-10-11-19(28-18)21(25)23-16-8-5-9-17(12-16)27-14-20(24)22-15-6-3-2-4-7-15/h2-12H,13-14H2,1H3,(H,22,24)(H,23,25). The predicted octanol–water partition coefficient (Wildman–Crippen LogP) is 3.70. The van der Waals surface area contributed by atoms with Gasteiger partial charge in [-0.05, 0) is 36.4 Å². The maximum Gasteiger partial charge on any atom is 0.291 e. The number of para-hydroxylation sites is 1. The average molecular weight is 380 g/mol. The third-order valence-corrected chi connectivity index (χ3v) is 3.69. The van der Waals surface area contributed by atoms with Gasteiger partial charge in [-0.3, -0.25) is 9.59 Å². The van der Waals surface area contributed by atoms with Crippen molar-refractivity contribution < 1.29 is 23.5 Å². The summed E-state index contributed by atoms with van der Waals surface area (Å²) in [6.07, 6.45) is 0. The van der Waals surface area contributed by atoms with Crippen LogP contribution < -0.4 is 15.4 Å². The van der Waals surface area contributed by atoms with E-state index in [4.69, 9.17) is 13.9 Å². The summed E-state index contributed by atoms with van der Waals surface area (Å²) in [6, 6.07) is 19.2. The molecular formula is C21H20N2O5. The van der Waals surface area contributed by atoms with Gasteiger partial charge in [0, 0.05) is 24.6 Å². The van der Waals surface area contributed by atoms with Gasteiger partial charge in [-0.1, -0.05) is 24.3 Å². The summed E-state index contributed by atoms with van der Waals surface area (Å²) in [5, 5.41) is 5.46. The van der Waals surface area contributed by atoms with Crippen molar-refractivity contribution in [3.05, 3.63) is 78.3 Å². The minimum atomic E-state index is -0.388.